The van der Waals surface area contributed by atoms with Crippen LogP contribution < -0.4 is 11.1 Å². The Kier molecular flexibility index (Phi) is 3.05. The Morgan fingerprint density at radius 3 is 2.42 bits per heavy atom. The lowest BCUT2D eigenvalue weighted by atomic mass is 10.1. The van der Waals surface area contributed by atoms with Gasteiger partial charge in [-0.15, -0.1) is 0 Å². The van der Waals surface area contributed by atoms with Crippen LogP contribution in [0.3, 0.4) is 0 Å². The summed E-state index contributed by atoms with van der Waals surface area (Å²) in [5, 5.41) is 3.39. The summed E-state index contributed by atoms with van der Waals surface area (Å²) >= 11 is 0. The maximum absolute atomic E-state index is 10.6. The van der Waals surface area contributed by atoms with Crippen LogP contribution in [0, 0.1) is 0 Å². The average Bonchev–Trinajstić information content (AvgIpc) is 1.81. The summed E-state index contributed by atoms with van der Waals surface area (Å²) in [5.41, 5.74) is 5.11. The molecule has 0 aromatic rings. The van der Waals surface area contributed by atoms with Gasteiger partial charge in [0, 0.05) is 25.2 Å². The third-order valence-electron chi connectivity index (χ3n) is 2.01. The van der Waals surface area contributed by atoms with Crippen molar-refractivity contribution < 1.29 is 4.79 Å². The van der Waals surface area contributed by atoms with Gasteiger partial charge in [-0.2, -0.15) is 0 Å². The first kappa shape index (κ1) is 9.48. The molecule has 1 amide bonds. The number of amides is 1. The number of nitrogens with two attached hydrogens (primary N) is 1. The molecule has 70 valence electrons. The first-order valence-corrected chi connectivity index (χ1v) is 4.34. The van der Waals surface area contributed by atoms with Crippen LogP contribution in [0.2, 0.25) is 0 Å². The Balaban J connectivity index is 2.38. The molecule has 1 rings (SSSR count). The van der Waals surface area contributed by atoms with Gasteiger partial charge in [0.25, 0.3) is 0 Å². The van der Waals surface area contributed by atoms with Gasteiger partial charge in [-0.25, -0.2) is 0 Å². The number of rotatable bonds is 2. The lowest BCUT2D eigenvalue weighted by Gasteiger charge is -2.35. The fraction of sp³-hybridized carbons (Fsp3) is 0.875. The number of nitrogens with one attached hydrogen (secondary N) is 1. The minimum atomic E-state index is -0.240. The fourth-order valence-electron chi connectivity index (χ4n) is 1.79. The molecular weight excluding hydrogens is 154 g/mol. The molecule has 12 heavy (non-hydrogen) atoms. The zero-order valence-corrected chi connectivity index (χ0v) is 7.71. The number of hydrogen-bond acceptors (Lipinski definition) is 3. The maximum Gasteiger partial charge on any atom is 0.231 e. The lowest BCUT2D eigenvalue weighted by Crippen LogP contribution is -2.55. The molecule has 3 N–H and O–H groups in total. The molecule has 0 radical (unpaired) electrons. The zero-order chi connectivity index (χ0) is 9.14. The Hall–Kier alpha value is -0.610. The Labute approximate surface area is 73.1 Å². The largest absolute Gasteiger partial charge is 0.369 e. The molecular formula is C8H17N3O. The second-order valence-corrected chi connectivity index (χ2v) is 3.63. The summed E-state index contributed by atoms with van der Waals surface area (Å²) in [4.78, 5) is 12.7. The van der Waals surface area contributed by atoms with E-state index >= 15 is 0 Å². The molecule has 1 saturated heterocycles. The Bertz CT molecular complexity index is 162. The van der Waals surface area contributed by atoms with Crippen molar-refractivity contribution in [2.75, 3.05) is 19.6 Å². The molecule has 0 aliphatic carbocycles. The van der Waals surface area contributed by atoms with Crippen molar-refractivity contribution in [2.45, 2.75) is 25.9 Å². The number of hydrogen-bond donors (Lipinski definition) is 2. The standard InChI is InChI=1S/C8H17N3O/c1-6-3-11(5-8(9)12)4-7(2)10-6/h6-7,10H,3-5H2,1-2H3,(H2,9,12). The maximum atomic E-state index is 10.6. The van der Waals surface area contributed by atoms with Crippen molar-refractivity contribution >= 4 is 5.91 Å². The van der Waals surface area contributed by atoms with Crippen molar-refractivity contribution in [1.82, 2.24) is 10.2 Å². The third-order valence-corrected chi connectivity index (χ3v) is 2.01. The van der Waals surface area contributed by atoms with E-state index in [1.54, 1.807) is 0 Å². The fourth-order valence-corrected chi connectivity index (χ4v) is 1.79. The van der Waals surface area contributed by atoms with Gasteiger partial charge in [0.15, 0.2) is 0 Å². The molecule has 4 heteroatoms. The smallest absolute Gasteiger partial charge is 0.231 e. The zero-order valence-electron chi connectivity index (χ0n) is 7.71. The first-order valence-electron chi connectivity index (χ1n) is 4.34. The van der Waals surface area contributed by atoms with E-state index in [0.717, 1.165) is 13.1 Å². The van der Waals surface area contributed by atoms with Gasteiger partial charge in [0.2, 0.25) is 5.91 Å². The van der Waals surface area contributed by atoms with Crippen LogP contribution in [0.5, 0.6) is 0 Å². The summed E-state index contributed by atoms with van der Waals surface area (Å²) in [6, 6.07) is 0.904. The quantitative estimate of drug-likeness (QED) is 0.569. The highest BCUT2D eigenvalue weighted by Crippen LogP contribution is 2.02. The normalized spacial score (nSPS) is 31.8. The number of carbonyl (C=O) groups is 1. The van der Waals surface area contributed by atoms with Crippen LogP contribution in [0.1, 0.15) is 13.8 Å². The highest BCUT2D eigenvalue weighted by Gasteiger charge is 2.21. The summed E-state index contributed by atoms with van der Waals surface area (Å²) in [5.74, 6) is -0.240. The van der Waals surface area contributed by atoms with Crippen LogP contribution >= 0.6 is 0 Å². The summed E-state index contributed by atoms with van der Waals surface area (Å²) < 4.78 is 0. The minimum absolute atomic E-state index is 0.240. The molecule has 2 unspecified atom stereocenters. The number of carbonyl (C=O) groups excluding carboxylic acids is 1. The second kappa shape index (κ2) is 3.87. The van der Waals surface area contributed by atoms with E-state index in [4.69, 9.17) is 5.73 Å². The number of nitrogens with zero attached hydrogens (tertiary/aromatic N) is 1. The Morgan fingerprint density at radius 1 is 1.50 bits per heavy atom. The number of primary amides is 1. The monoisotopic (exact) mass is 171 g/mol. The lowest BCUT2D eigenvalue weighted by molar-refractivity contribution is -0.119. The van der Waals surface area contributed by atoms with Gasteiger partial charge >= 0.3 is 0 Å². The van der Waals surface area contributed by atoms with E-state index in [1.807, 2.05) is 0 Å². The topological polar surface area (TPSA) is 58.4 Å². The van der Waals surface area contributed by atoms with Gasteiger partial charge in [0.05, 0.1) is 6.54 Å². The molecule has 0 spiro atoms. The van der Waals surface area contributed by atoms with Crippen molar-refractivity contribution in [1.29, 1.82) is 0 Å². The van der Waals surface area contributed by atoms with Crippen molar-refractivity contribution in [3.63, 3.8) is 0 Å². The van der Waals surface area contributed by atoms with Gasteiger partial charge < -0.3 is 11.1 Å². The Morgan fingerprint density at radius 2 is 2.00 bits per heavy atom. The van der Waals surface area contributed by atoms with E-state index in [-0.39, 0.29) is 5.91 Å². The van der Waals surface area contributed by atoms with E-state index in [1.165, 1.54) is 0 Å². The second-order valence-electron chi connectivity index (χ2n) is 3.63. The average molecular weight is 171 g/mol. The summed E-state index contributed by atoms with van der Waals surface area (Å²) in [6.07, 6.45) is 0. The molecule has 0 aromatic carbocycles. The molecule has 1 aliphatic heterocycles. The van der Waals surface area contributed by atoms with E-state index in [9.17, 15) is 4.79 Å². The molecule has 0 aromatic heterocycles. The predicted molar refractivity (Wildman–Crippen MR) is 47.7 cm³/mol. The van der Waals surface area contributed by atoms with Gasteiger partial charge in [-0.1, -0.05) is 0 Å². The predicted octanol–water partition coefficient (Wildman–Crippen LogP) is -0.846. The van der Waals surface area contributed by atoms with Gasteiger partial charge in [0.1, 0.15) is 0 Å². The highest BCUT2D eigenvalue weighted by molar-refractivity contribution is 5.75. The van der Waals surface area contributed by atoms with Crippen molar-refractivity contribution in [3.8, 4) is 0 Å². The van der Waals surface area contributed by atoms with Crippen LogP contribution in [-0.4, -0.2) is 42.5 Å². The number of piperazine rings is 1. The van der Waals surface area contributed by atoms with Crippen LogP contribution in [0.25, 0.3) is 0 Å². The molecule has 0 saturated carbocycles. The van der Waals surface area contributed by atoms with E-state index in [0.29, 0.717) is 18.6 Å². The first-order chi connectivity index (χ1) is 5.58. The summed E-state index contributed by atoms with van der Waals surface area (Å²) in [6.45, 7) is 6.43. The van der Waals surface area contributed by atoms with Crippen LogP contribution in [-0.2, 0) is 4.79 Å². The van der Waals surface area contributed by atoms with Gasteiger partial charge in [-0.05, 0) is 13.8 Å². The third kappa shape index (κ3) is 2.79. The molecule has 1 aliphatic rings. The minimum Gasteiger partial charge on any atom is -0.369 e. The van der Waals surface area contributed by atoms with Crippen LogP contribution in [0.4, 0.5) is 0 Å². The molecule has 2 atom stereocenters. The molecule has 1 fully saturated rings. The molecule has 4 nitrogen and oxygen atoms in total. The van der Waals surface area contributed by atoms with Crippen molar-refractivity contribution in [3.05, 3.63) is 0 Å². The van der Waals surface area contributed by atoms with Crippen molar-refractivity contribution in [2.24, 2.45) is 5.73 Å². The molecule has 0 bridgehead atoms. The SMILES string of the molecule is CC1CN(CC(N)=O)CC(C)N1. The highest BCUT2D eigenvalue weighted by atomic mass is 16.1. The van der Waals surface area contributed by atoms with Gasteiger partial charge in [-0.3, -0.25) is 9.69 Å². The van der Waals surface area contributed by atoms with E-state index in [2.05, 4.69) is 24.1 Å². The van der Waals surface area contributed by atoms with Crippen LogP contribution in [0.15, 0.2) is 0 Å². The molecule has 1 heterocycles. The summed E-state index contributed by atoms with van der Waals surface area (Å²) in [7, 11) is 0. The van der Waals surface area contributed by atoms with E-state index < -0.39 is 0 Å².